The van der Waals surface area contributed by atoms with Crippen LogP contribution >= 0.6 is 0 Å². The number of imidazole rings is 1. The molecule has 7 nitrogen and oxygen atoms in total. The number of nitrogens with zero attached hydrogens (tertiary/aromatic N) is 4. The smallest absolute Gasteiger partial charge is 0.422 e. The molecule has 174 valence electrons. The van der Waals surface area contributed by atoms with Crippen molar-refractivity contribution in [3.05, 3.63) is 54.5 Å². The van der Waals surface area contributed by atoms with Gasteiger partial charge < -0.3 is 23.7 Å². The van der Waals surface area contributed by atoms with Crippen molar-refractivity contribution in [1.82, 2.24) is 19.2 Å². The van der Waals surface area contributed by atoms with Crippen molar-refractivity contribution in [3.8, 4) is 16.9 Å². The molecule has 3 aromatic rings. The van der Waals surface area contributed by atoms with Crippen LogP contribution in [-0.4, -0.2) is 83.3 Å². The number of alkyl halides is 3. The van der Waals surface area contributed by atoms with Gasteiger partial charge >= 0.3 is 6.18 Å². The zero-order valence-corrected chi connectivity index (χ0v) is 18.0. The molecule has 1 spiro atoms. The number of fused-ring (bicyclic) bond motifs is 1. The van der Waals surface area contributed by atoms with Crippen molar-refractivity contribution in [2.24, 2.45) is 0 Å². The van der Waals surface area contributed by atoms with Gasteiger partial charge in [0.05, 0.1) is 13.2 Å². The van der Waals surface area contributed by atoms with E-state index in [0.29, 0.717) is 36.5 Å². The Labute approximate surface area is 188 Å². The number of ether oxygens (including phenoxy) is 2. The second-order valence-electron chi connectivity index (χ2n) is 8.61. The minimum absolute atomic E-state index is 0.100. The minimum atomic E-state index is -4.45. The van der Waals surface area contributed by atoms with Crippen LogP contribution in [-0.2, 0) is 4.74 Å². The maximum atomic E-state index is 13.2. The fraction of sp³-hybridized carbons (Fsp3) is 0.391. The molecule has 1 aromatic carbocycles. The summed E-state index contributed by atoms with van der Waals surface area (Å²) in [6, 6.07) is 10.0. The SMILES string of the molecule is CN1CC2(C1)CN(C(=O)c1cn3cccc(-c4ccccc4OCC(F)(F)F)c3n1)CCO2. The fourth-order valence-corrected chi connectivity index (χ4v) is 4.61. The topological polar surface area (TPSA) is 59.3 Å². The lowest BCUT2D eigenvalue weighted by atomic mass is 9.92. The average molecular weight is 460 g/mol. The second-order valence-corrected chi connectivity index (χ2v) is 8.61. The van der Waals surface area contributed by atoms with E-state index >= 15 is 0 Å². The van der Waals surface area contributed by atoms with Gasteiger partial charge in [-0.15, -0.1) is 0 Å². The first-order chi connectivity index (χ1) is 15.7. The van der Waals surface area contributed by atoms with Gasteiger partial charge in [-0.25, -0.2) is 4.98 Å². The first-order valence-electron chi connectivity index (χ1n) is 10.6. The van der Waals surface area contributed by atoms with E-state index in [9.17, 15) is 18.0 Å². The van der Waals surface area contributed by atoms with Gasteiger partial charge in [-0.2, -0.15) is 13.2 Å². The van der Waals surface area contributed by atoms with Gasteiger partial charge in [0.1, 0.15) is 22.7 Å². The number of carbonyl (C=O) groups is 1. The Balaban J connectivity index is 1.45. The molecule has 0 atom stereocenters. The van der Waals surface area contributed by atoms with Gasteiger partial charge in [0, 0.05) is 43.2 Å². The molecule has 0 saturated carbocycles. The van der Waals surface area contributed by atoms with Gasteiger partial charge in [0.2, 0.25) is 0 Å². The zero-order chi connectivity index (χ0) is 23.2. The fourth-order valence-electron chi connectivity index (χ4n) is 4.61. The summed E-state index contributed by atoms with van der Waals surface area (Å²) in [4.78, 5) is 21.7. The summed E-state index contributed by atoms with van der Waals surface area (Å²) < 4.78 is 50.8. The number of halogens is 3. The van der Waals surface area contributed by atoms with Crippen LogP contribution in [0, 0.1) is 0 Å². The number of likely N-dealkylation sites (N-methyl/N-ethyl adjacent to an activating group) is 1. The number of carbonyl (C=O) groups excluding carboxylic acids is 1. The van der Waals surface area contributed by atoms with Crippen LogP contribution in [0.2, 0.25) is 0 Å². The molecule has 0 unspecified atom stereocenters. The van der Waals surface area contributed by atoms with Crippen molar-refractivity contribution < 1.29 is 27.4 Å². The zero-order valence-electron chi connectivity index (χ0n) is 18.0. The molecular formula is C23H23F3N4O3. The first-order valence-corrected chi connectivity index (χ1v) is 10.6. The Kier molecular flexibility index (Phi) is 5.29. The monoisotopic (exact) mass is 460 g/mol. The molecular weight excluding hydrogens is 437 g/mol. The number of pyridine rings is 1. The van der Waals surface area contributed by atoms with Gasteiger partial charge in [-0.05, 0) is 25.2 Å². The van der Waals surface area contributed by atoms with Gasteiger partial charge in [0.15, 0.2) is 6.61 Å². The molecule has 2 fully saturated rings. The van der Waals surface area contributed by atoms with Crippen molar-refractivity contribution >= 4 is 11.6 Å². The molecule has 2 aliphatic heterocycles. The molecule has 0 aliphatic carbocycles. The Morgan fingerprint density at radius 2 is 1.91 bits per heavy atom. The molecule has 2 aromatic heterocycles. The molecule has 0 N–H and O–H groups in total. The number of para-hydroxylation sites is 1. The summed E-state index contributed by atoms with van der Waals surface area (Å²) in [6.07, 6.45) is -1.05. The quantitative estimate of drug-likeness (QED) is 0.599. The van der Waals surface area contributed by atoms with E-state index in [1.165, 1.54) is 6.07 Å². The Morgan fingerprint density at radius 3 is 2.67 bits per heavy atom. The lowest BCUT2D eigenvalue weighted by Crippen LogP contribution is -2.69. The van der Waals surface area contributed by atoms with Gasteiger partial charge in [-0.1, -0.05) is 18.2 Å². The van der Waals surface area contributed by atoms with Crippen LogP contribution in [0.15, 0.2) is 48.8 Å². The third-order valence-electron chi connectivity index (χ3n) is 5.92. The van der Waals surface area contributed by atoms with E-state index in [2.05, 4.69) is 9.88 Å². The molecule has 10 heteroatoms. The van der Waals surface area contributed by atoms with E-state index < -0.39 is 12.8 Å². The van der Waals surface area contributed by atoms with Crippen molar-refractivity contribution in [1.29, 1.82) is 0 Å². The lowest BCUT2D eigenvalue weighted by molar-refractivity contribution is -0.170. The summed E-state index contributed by atoms with van der Waals surface area (Å²) in [7, 11) is 2.01. The molecule has 2 aliphatic rings. The average Bonchev–Trinajstić information content (AvgIpc) is 3.21. The number of morpholine rings is 1. The highest BCUT2D eigenvalue weighted by Gasteiger charge is 2.46. The van der Waals surface area contributed by atoms with E-state index in [0.717, 1.165) is 13.1 Å². The Morgan fingerprint density at radius 1 is 1.15 bits per heavy atom. The van der Waals surface area contributed by atoms with Crippen molar-refractivity contribution in [2.45, 2.75) is 11.8 Å². The number of hydrogen-bond acceptors (Lipinski definition) is 5. The van der Waals surface area contributed by atoms with E-state index in [1.807, 2.05) is 7.05 Å². The standard InChI is InChI=1S/C23H23F3N4O3/c1-28-12-22(13-28)14-30(9-10-33-22)21(31)18-11-29-8-4-6-17(20(29)27-18)16-5-2-3-7-19(16)32-15-23(24,25)26/h2-8,11H,9-10,12-15H2,1H3. The number of aromatic nitrogens is 2. The summed E-state index contributed by atoms with van der Waals surface area (Å²) in [5.41, 5.74) is 1.48. The highest BCUT2D eigenvalue weighted by atomic mass is 19.4. The molecule has 0 bridgehead atoms. The normalized spacial score (nSPS) is 18.5. The summed E-state index contributed by atoms with van der Waals surface area (Å²) in [5.74, 6) is -0.0912. The maximum absolute atomic E-state index is 13.2. The molecule has 33 heavy (non-hydrogen) atoms. The number of hydrogen-bond donors (Lipinski definition) is 0. The van der Waals surface area contributed by atoms with E-state index in [4.69, 9.17) is 9.47 Å². The van der Waals surface area contributed by atoms with Crippen LogP contribution in [0.1, 0.15) is 10.5 Å². The lowest BCUT2D eigenvalue weighted by Gasteiger charge is -2.52. The molecule has 5 rings (SSSR count). The minimum Gasteiger partial charge on any atom is -0.483 e. The van der Waals surface area contributed by atoms with E-state index in [-0.39, 0.29) is 23.0 Å². The predicted octanol–water partition coefficient (Wildman–Crippen LogP) is 3.10. The maximum Gasteiger partial charge on any atom is 0.422 e. The molecule has 2 saturated heterocycles. The van der Waals surface area contributed by atoms with Crippen molar-refractivity contribution in [3.63, 3.8) is 0 Å². The van der Waals surface area contributed by atoms with Crippen molar-refractivity contribution in [2.75, 3.05) is 46.4 Å². The molecule has 0 radical (unpaired) electrons. The number of likely N-dealkylation sites (tertiary alicyclic amines) is 1. The first kappa shape index (κ1) is 21.7. The van der Waals surface area contributed by atoms with Crippen LogP contribution in [0.4, 0.5) is 13.2 Å². The van der Waals surface area contributed by atoms with Crippen LogP contribution in [0.25, 0.3) is 16.8 Å². The number of benzene rings is 1. The number of amides is 1. The highest BCUT2D eigenvalue weighted by Crippen LogP contribution is 2.34. The Bertz CT molecular complexity index is 1180. The molecule has 4 heterocycles. The third-order valence-corrected chi connectivity index (χ3v) is 5.92. The second kappa shape index (κ2) is 8.03. The van der Waals surface area contributed by atoms with Crippen LogP contribution < -0.4 is 4.74 Å². The summed E-state index contributed by atoms with van der Waals surface area (Å²) in [5, 5.41) is 0. The summed E-state index contributed by atoms with van der Waals surface area (Å²) >= 11 is 0. The summed E-state index contributed by atoms with van der Waals surface area (Å²) in [6.45, 7) is 1.63. The third kappa shape index (κ3) is 4.28. The largest absolute Gasteiger partial charge is 0.483 e. The predicted molar refractivity (Wildman–Crippen MR) is 114 cm³/mol. The number of rotatable bonds is 4. The van der Waals surface area contributed by atoms with Gasteiger partial charge in [0.25, 0.3) is 5.91 Å². The van der Waals surface area contributed by atoms with Gasteiger partial charge in [-0.3, -0.25) is 4.79 Å². The highest BCUT2D eigenvalue weighted by molar-refractivity contribution is 5.94. The van der Waals surface area contributed by atoms with E-state index in [1.54, 1.807) is 52.0 Å². The Hall–Kier alpha value is -3.11. The van der Waals surface area contributed by atoms with Crippen LogP contribution in [0.5, 0.6) is 5.75 Å². The van der Waals surface area contributed by atoms with Crippen LogP contribution in [0.3, 0.4) is 0 Å². The molecule has 1 amide bonds.